The number of hydrogen-bond acceptors (Lipinski definition) is 6. The van der Waals surface area contributed by atoms with E-state index >= 15 is 0 Å². The first kappa shape index (κ1) is 33.2. The third-order valence-corrected chi connectivity index (χ3v) is 10.2. The van der Waals surface area contributed by atoms with Crippen molar-refractivity contribution in [3.8, 4) is 11.4 Å². The van der Waals surface area contributed by atoms with Crippen LogP contribution in [0.3, 0.4) is 0 Å². The zero-order valence-corrected chi connectivity index (χ0v) is 31.3. The fraction of sp³-hybridized carbons (Fsp3) is 0.0435. The maximum atomic E-state index is 4.72. The molecule has 6 N–H and O–H groups in total. The van der Waals surface area contributed by atoms with E-state index in [2.05, 4.69) is 184 Å². The number of aliphatic imine (C=N–C) groups is 2. The van der Waals surface area contributed by atoms with Gasteiger partial charge < -0.3 is 49.5 Å². The Bertz CT molecular complexity index is 3120. The van der Waals surface area contributed by atoms with E-state index in [-0.39, 0.29) is 0 Å². The van der Waals surface area contributed by atoms with Crippen LogP contribution in [0, 0.1) is 0 Å². The normalized spacial score (nSPS) is 17.0. The molecule has 6 aromatic rings. The van der Waals surface area contributed by atoms with E-state index in [1.165, 1.54) is 0 Å². The van der Waals surface area contributed by atoms with Crippen molar-refractivity contribution in [1.82, 2.24) is 49.5 Å². The fourth-order valence-electron chi connectivity index (χ4n) is 7.48. The lowest BCUT2D eigenvalue weighted by Gasteiger charge is -2.13. The first-order chi connectivity index (χ1) is 28.5. The molecule has 20 bridgehead atoms. The van der Waals surface area contributed by atoms with Gasteiger partial charge in [-0.05, 0) is 121 Å². The highest BCUT2D eigenvalue weighted by atomic mass is 15.3. The van der Waals surface area contributed by atoms with E-state index in [1.807, 2.05) is 36.5 Å². The largest absolute Gasteiger partial charge is 0.354 e. The monoisotopic (exact) mass is 758 g/mol. The molecule has 6 aromatic heterocycles. The molecule has 0 aliphatic carbocycles. The van der Waals surface area contributed by atoms with Gasteiger partial charge in [0.25, 0.3) is 0 Å². The van der Waals surface area contributed by atoms with Crippen molar-refractivity contribution in [2.75, 3.05) is 13.3 Å². The number of allylic oxidation sites excluding steroid dienone is 4. The molecule has 12 heterocycles. The lowest BCUT2D eigenvalue weighted by molar-refractivity contribution is 0.436. The highest BCUT2D eigenvalue weighted by molar-refractivity contribution is 6.20. The van der Waals surface area contributed by atoms with Gasteiger partial charge in [-0.1, -0.05) is 0 Å². The Kier molecular flexibility index (Phi) is 7.95. The van der Waals surface area contributed by atoms with Crippen LogP contribution in [-0.4, -0.2) is 74.3 Å². The van der Waals surface area contributed by atoms with Crippen molar-refractivity contribution in [3.63, 3.8) is 0 Å². The average molecular weight is 759 g/mol. The third-order valence-electron chi connectivity index (χ3n) is 10.2. The summed E-state index contributed by atoms with van der Waals surface area (Å²) in [6.45, 7) is 1.54. The molecule has 58 heavy (non-hydrogen) atoms. The van der Waals surface area contributed by atoms with E-state index in [0.717, 1.165) is 102 Å². The lowest BCUT2D eigenvalue weighted by atomic mass is 10.3. The van der Waals surface area contributed by atoms with Gasteiger partial charge in [0.2, 0.25) is 0 Å². The van der Waals surface area contributed by atoms with E-state index in [4.69, 9.17) is 9.98 Å². The maximum Gasteiger partial charge on any atom is 0.0979 e. The van der Waals surface area contributed by atoms with Gasteiger partial charge in [-0.2, -0.15) is 0 Å². The predicted octanol–water partition coefficient (Wildman–Crippen LogP) is 1.23. The summed E-state index contributed by atoms with van der Waals surface area (Å²) in [5.74, 6) is 0. The van der Waals surface area contributed by atoms with Crippen LogP contribution in [-0.2, 0) is 0 Å². The first-order valence-corrected chi connectivity index (χ1v) is 19.1. The van der Waals surface area contributed by atoms with E-state index < -0.39 is 0 Å². The standard InChI is InChI=1S/C23H20N6.C23H18N6/c2*1-3-20-13-28-9-10-29(15-28)14-21-4-2-17(25-21)12-19-6-8-23(27-19)22-7-5-18(26-22)11-16(1)24-20/h1-14,24-27H,15H2;1-14,24-25H,15H2. The Morgan fingerprint density at radius 1 is 0.345 bits per heavy atom. The van der Waals surface area contributed by atoms with Crippen LogP contribution in [0.5, 0.6) is 0 Å². The Labute approximate surface area is 331 Å². The molecule has 0 saturated carbocycles. The van der Waals surface area contributed by atoms with Gasteiger partial charge in [-0.15, -0.1) is 0 Å². The number of H-pyrrole nitrogens is 6. The predicted molar refractivity (Wildman–Crippen MR) is 230 cm³/mol. The van der Waals surface area contributed by atoms with Gasteiger partial charge in [0.1, 0.15) is 0 Å². The van der Waals surface area contributed by atoms with Crippen LogP contribution in [0.1, 0.15) is 11.4 Å². The Morgan fingerprint density at radius 3 is 1.07 bits per heavy atom. The number of nitrogens with zero attached hydrogens (tertiary/aromatic N) is 6. The Balaban J connectivity index is 0.000000133. The molecule has 6 aliphatic rings. The average Bonchev–Trinajstić information content (AvgIpc) is 4.05. The summed E-state index contributed by atoms with van der Waals surface area (Å²) in [5.41, 5.74) is 7.84. The number of rotatable bonds is 0. The summed E-state index contributed by atoms with van der Waals surface area (Å²) in [6.07, 6.45) is 33.1. The fourth-order valence-corrected chi connectivity index (χ4v) is 7.48. The zero-order chi connectivity index (χ0) is 38.4. The van der Waals surface area contributed by atoms with Crippen molar-refractivity contribution in [2.45, 2.75) is 0 Å². The molecule has 0 atom stereocenters. The number of fused-ring (bicyclic) bond motifs is 19. The molecule has 0 radical (unpaired) electrons. The summed E-state index contributed by atoms with van der Waals surface area (Å²) in [6, 6.07) is 25.0. The molecule has 0 spiro atoms. The molecule has 12 heteroatoms. The van der Waals surface area contributed by atoms with Crippen molar-refractivity contribution >= 4 is 60.5 Å². The second-order valence-electron chi connectivity index (χ2n) is 14.7. The van der Waals surface area contributed by atoms with Gasteiger partial charge >= 0.3 is 0 Å². The summed E-state index contributed by atoms with van der Waals surface area (Å²) < 4.78 is 0. The van der Waals surface area contributed by atoms with Crippen molar-refractivity contribution in [2.24, 2.45) is 9.98 Å². The zero-order valence-electron chi connectivity index (χ0n) is 31.3. The number of hydrogen-bond donors (Lipinski definition) is 6. The van der Waals surface area contributed by atoms with E-state index in [9.17, 15) is 0 Å². The smallest absolute Gasteiger partial charge is 0.0979 e. The molecule has 282 valence electrons. The van der Waals surface area contributed by atoms with E-state index in [0.29, 0.717) is 0 Å². The van der Waals surface area contributed by atoms with E-state index in [1.54, 1.807) is 0 Å². The summed E-state index contributed by atoms with van der Waals surface area (Å²) in [4.78, 5) is 38.8. The Hall–Kier alpha value is -8.12. The van der Waals surface area contributed by atoms with Crippen molar-refractivity contribution < 1.29 is 0 Å². The molecule has 0 aromatic carbocycles. The molecule has 0 fully saturated rings. The SMILES string of the molecule is C1=CC2=C3C=CC(=N3)C=c3ccc([nH]3)=CN3C=CN(C=c4ccc([nH]4)=CC1=N2)C3.C1=CN2C=c3ccc([nH]3)=Cc3ccc([nH]3)-c3ccc([nH]3)C=c3ccc([nH]3)=CN1C2. The van der Waals surface area contributed by atoms with Gasteiger partial charge in [0.15, 0.2) is 0 Å². The van der Waals surface area contributed by atoms with Crippen molar-refractivity contribution in [3.05, 3.63) is 187 Å². The Morgan fingerprint density at radius 2 is 0.690 bits per heavy atom. The van der Waals surface area contributed by atoms with Crippen LogP contribution in [0.25, 0.3) is 60.5 Å². The summed E-state index contributed by atoms with van der Waals surface area (Å²) >= 11 is 0. The number of aromatic amines is 6. The summed E-state index contributed by atoms with van der Waals surface area (Å²) in [5, 5.41) is 8.40. The van der Waals surface area contributed by atoms with Gasteiger partial charge in [-0.25, -0.2) is 9.98 Å². The van der Waals surface area contributed by atoms with Gasteiger partial charge in [0, 0.05) is 82.4 Å². The second kappa shape index (κ2) is 13.9. The van der Waals surface area contributed by atoms with Crippen LogP contribution < -0.4 is 42.8 Å². The lowest BCUT2D eigenvalue weighted by Crippen LogP contribution is -2.23. The topological polar surface area (TPSA) is 132 Å². The summed E-state index contributed by atoms with van der Waals surface area (Å²) in [7, 11) is 0. The highest BCUT2D eigenvalue weighted by Gasteiger charge is 2.12. The number of nitrogens with one attached hydrogen (secondary N) is 6. The van der Waals surface area contributed by atoms with Crippen LogP contribution >= 0.6 is 0 Å². The minimum absolute atomic E-state index is 0.762. The molecular weight excluding hydrogens is 721 g/mol. The van der Waals surface area contributed by atoms with Crippen LogP contribution in [0.4, 0.5) is 0 Å². The molecule has 12 rings (SSSR count). The highest BCUT2D eigenvalue weighted by Crippen LogP contribution is 2.21. The molecule has 0 amide bonds. The maximum absolute atomic E-state index is 4.72. The second-order valence-corrected chi connectivity index (χ2v) is 14.7. The molecule has 0 unspecified atom stereocenters. The van der Waals surface area contributed by atoms with Crippen LogP contribution in [0.15, 0.2) is 143 Å². The number of aromatic nitrogens is 6. The molecular formula is C46H38N12. The first-order valence-electron chi connectivity index (χ1n) is 19.1. The third kappa shape index (κ3) is 7.08. The molecule has 6 aliphatic heterocycles. The van der Waals surface area contributed by atoms with Gasteiger partial charge in [-0.3, -0.25) is 0 Å². The quantitative estimate of drug-likeness (QED) is 0.139. The minimum Gasteiger partial charge on any atom is -0.354 e. The molecule has 12 nitrogen and oxygen atoms in total. The van der Waals surface area contributed by atoms with Crippen molar-refractivity contribution in [1.29, 1.82) is 0 Å². The van der Waals surface area contributed by atoms with Crippen LogP contribution in [0.2, 0.25) is 0 Å². The minimum atomic E-state index is 0.762. The van der Waals surface area contributed by atoms with Gasteiger partial charge in [0.05, 0.1) is 68.9 Å². The molecule has 0 saturated heterocycles.